The van der Waals surface area contributed by atoms with E-state index in [1.165, 1.54) is 53.9 Å². The number of fused-ring (bicyclic) bond motifs is 12. The number of rotatable bonds is 11. The average molecular weight is 1820 g/mol. The van der Waals surface area contributed by atoms with Gasteiger partial charge in [-0.1, -0.05) is 87.6 Å². The van der Waals surface area contributed by atoms with Crippen molar-refractivity contribution < 1.29 is 75.9 Å². The number of imide groups is 2. The van der Waals surface area contributed by atoms with Crippen molar-refractivity contribution in [1.29, 1.82) is 0 Å². The zero-order valence-corrected chi connectivity index (χ0v) is 75.5. The summed E-state index contributed by atoms with van der Waals surface area (Å²) in [5, 5.41) is 20.4. The smallest absolute Gasteiger partial charge is 0.325 e. The van der Waals surface area contributed by atoms with Crippen LogP contribution >= 0.6 is 28.1 Å². The second kappa shape index (κ2) is 39.3. The number of carbonyl (C=O) groups excluding carboxylic acids is 6. The quantitative estimate of drug-likeness (QED) is 0.0241. The second-order valence-electron chi connectivity index (χ2n) is 36.6. The monoisotopic (exact) mass is 1820 g/mol. The van der Waals surface area contributed by atoms with Gasteiger partial charge in [-0.2, -0.15) is 0 Å². The van der Waals surface area contributed by atoms with Gasteiger partial charge in [-0.25, -0.2) is 27.8 Å². The summed E-state index contributed by atoms with van der Waals surface area (Å²) in [4.78, 5) is 88.1. The van der Waals surface area contributed by atoms with Gasteiger partial charge in [0.1, 0.15) is 20.0 Å². The van der Waals surface area contributed by atoms with Crippen molar-refractivity contribution in [1.82, 2.24) is 42.1 Å². The van der Waals surface area contributed by atoms with Crippen LogP contribution in [0.3, 0.4) is 0 Å². The number of nitrogens with zero attached hydrogens (tertiary/aromatic N) is 4. The molecule has 11 fully saturated rings. The topological polar surface area (TPSA) is 322 Å². The highest BCUT2D eigenvalue weighted by atomic mass is 79.9. The Bertz CT molecular complexity index is 4920. The molecule has 0 bridgehead atoms. The van der Waals surface area contributed by atoms with E-state index in [0.29, 0.717) is 34.1 Å². The van der Waals surface area contributed by atoms with Crippen molar-refractivity contribution >= 4 is 74.9 Å². The van der Waals surface area contributed by atoms with Crippen LogP contribution in [-0.2, 0) is 86.0 Å². The Morgan fingerprint density at radius 1 is 0.460 bits per heavy atom. The maximum atomic E-state index is 13.8. The molecule has 8 saturated carbocycles. The number of nitrogens with one attached hydrogen (secondary N) is 4. The number of aliphatic imine (C=N–C) groups is 1. The summed E-state index contributed by atoms with van der Waals surface area (Å²) in [5.74, 6) is 27.6. The van der Waals surface area contributed by atoms with Gasteiger partial charge in [-0.05, 0) is 292 Å². The molecule has 8 amide bonds. The van der Waals surface area contributed by atoms with E-state index in [4.69, 9.17) is 47.0 Å². The van der Waals surface area contributed by atoms with Crippen LogP contribution in [0, 0.1) is 92.7 Å². The van der Waals surface area contributed by atoms with E-state index in [1.54, 1.807) is 35.4 Å². The van der Waals surface area contributed by atoms with Crippen LogP contribution in [0.15, 0.2) is 77.8 Å². The number of halogens is 5. The Kier molecular flexibility index (Phi) is 29.6. The van der Waals surface area contributed by atoms with Crippen LogP contribution in [0.1, 0.15) is 228 Å². The highest BCUT2D eigenvalue weighted by Crippen LogP contribution is 2.65. The summed E-state index contributed by atoms with van der Waals surface area (Å²) in [7, 11) is 6.96. The van der Waals surface area contributed by atoms with E-state index in [9.17, 15) is 46.3 Å². The molecule has 4 atom stereocenters. The number of hydrogen-bond donors (Lipinski definition) is 7. The molecule has 4 aromatic rings. The predicted molar refractivity (Wildman–Crippen MR) is 479 cm³/mol. The highest BCUT2D eigenvalue weighted by Gasteiger charge is 2.72. The van der Waals surface area contributed by atoms with Gasteiger partial charge in [-0.3, -0.25) is 43.6 Å². The molecule has 16 aliphatic rings. The number of nitrogens with two attached hydrogens (primary N) is 1. The number of aliphatic hydroxyl groups excluding tert-OH is 1. The summed E-state index contributed by atoms with van der Waals surface area (Å²) in [6.07, 6.45) is 27.1. The number of ether oxygens (including phenoxy) is 4. The average Bonchev–Trinajstić information content (AvgIpc) is 1.57. The van der Waals surface area contributed by atoms with Crippen molar-refractivity contribution in [2.45, 2.75) is 233 Å². The van der Waals surface area contributed by atoms with E-state index in [1.807, 2.05) is 30.3 Å². The number of urea groups is 2. The number of methoxy groups -OCH3 is 4. The van der Waals surface area contributed by atoms with Crippen molar-refractivity contribution in [3.8, 4) is 47.4 Å². The first-order chi connectivity index (χ1) is 60.0. The molecule has 8 spiro atoms. The van der Waals surface area contributed by atoms with Gasteiger partial charge in [0.05, 0.1) is 50.7 Å². The fourth-order valence-electron chi connectivity index (χ4n) is 22.3. The molecular weight excluding hydrogens is 1700 g/mol. The molecule has 28 heteroatoms. The number of hydrogen-bond acceptors (Lipinski definition) is 15. The normalized spacial score (nSPS) is 30.8. The summed E-state index contributed by atoms with van der Waals surface area (Å²) in [6.45, 7) is -0.588. The minimum absolute atomic E-state index is 0. The number of carbonyl (C=O) groups is 6. The van der Waals surface area contributed by atoms with Gasteiger partial charge in [0.15, 0.2) is 33.2 Å². The second-order valence-corrected chi connectivity index (χ2v) is 37.7. The molecule has 4 aliphatic heterocycles. The van der Waals surface area contributed by atoms with Crippen LogP contribution in [0.25, 0.3) is 0 Å². The molecule has 4 unspecified atom stereocenters. The maximum Gasteiger partial charge on any atom is 0.325 e. The molecular formula is C98H121BrF4N10O12S. The molecule has 22 nitrogen and oxygen atoms in total. The number of amides is 8. The Hall–Kier alpha value is -8.78. The third-order valence-electron chi connectivity index (χ3n) is 29.4. The van der Waals surface area contributed by atoms with Crippen LogP contribution in [0.2, 0.25) is 0 Å². The van der Waals surface area contributed by atoms with Crippen LogP contribution in [0.5, 0.6) is 0 Å². The van der Waals surface area contributed by atoms with Crippen molar-refractivity contribution in [3.63, 3.8) is 0 Å². The number of benzene rings is 4. The molecule has 12 aliphatic carbocycles. The van der Waals surface area contributed by atoms with Crippen molar-refractivity contribution in [2.24, 2.45) is 56.1 Å². The fourth-order valence-corrected chi connectivity index (χ4v) is 22.7. The third-order valence-corrected chi connectivity index (χ3v) is 30.0. The maximum absolute atomic E-state index is 13.8. The summed E-state index contributed by atoms with van der Waals surface area (Å²) in [5.41, 5.74) is 12.6. The van der Waals surface area contributed by atoms with E-state index in [0.717, 1.165) is 207 Å². The lowest BCUT2D eigenvalue weighted by Crippen LogP contribution is -2.56. The van der Waals surface area contributed by atoms with Gasteiger partial charge in [0, 0.05) is 108 Å². The summed E-state index contributed by atoms with van der Waals surface area (Å²) in [6, 6.07) is 23.8. The lowest BCUT2D eigenvalue weighted by Gasteiger charge is -2.46. The van der Waals surface area contributed by atoms with E-state index in [-0.39, 0.29) is 115 Å². The standard InChI is InChI=1S/C24H28FN3O2.C24H27FN2O3.C24H27FN2O2S.C22H24N2O3.C2H4BrF.C2H6O.H3N.H2O/c1-30-19-8-10-23(11-9-19)15-18-7-6-17(5-4-16-2-3-16)14-20(18)24(23)21(29)28(13-12-25)22(26)27-24;1-30-19-8-10-23(11-9-19)15-18-7-6-17(5-4-16-2-3-16)14-20(18)24(23)21(28)27(13-12-25)22(29)26-24;1-29-19-8-10-23(11-9-19)15-18-7-6-17(5-4-16-2-3-16)14-20(18)24(23)21(28)27(13-12-25)22(30)26-24;1-27-17-8-10-21(11-9-17)13-16-7-6-15(5-4-14-2-3-14)12-18(16)22(21)19(25)23-20(26)24-22;3-1-2-4;1-2-3;;/h6-7,14,16,19H,2-3,8-13,15H2,1H3,(H2,26,27);6-7,14,16,19H,2-3,8-13,15H2,1H3,(H,26,29);6-7,14,16,19H,2-3,8-13,15H2,1H3,(H,26,30);6-7,12,14,17H,2-3,8-11,13H2,1H3,(H2,23,24,25,26);1-2H2;3H,2H2,1H3;1H3;1H2. The number of guanidine groups is 1. The largest absolute Gasteiger partial charge is 0.412 e. The SMILES string of the molecule is CCO.COC1CCC2(CC1)Cc1ccc(C#CC3CC3)cc1C21N=C(N)N(CCF)C1=O.COC1CCC2(CC1)Cc1ccc(C#CC3CC3)cc1C21NC(=O)N(CCF)C1=O.COC1CCC2(CC1)Cc1ccc(C#CC3CC3)cc1C21NC(=O)NC1=O.COC1CCC2(CC1)Cc1ccc(C#CC3CC3)cc1C21NC(=S)N(CCF)C1=O.FCCBr.N.O. The van der Waals surface area contributed by atoms with Crippen molar-refractivity contribution in [2.75, 3.05) is 86.7 Å². The Morgan fingerprint density at radius 2 is 0.770 bits per heavy atom. The highest BCUT2D eigenvalue weighted by molar-refractivity contribution is 9.09. The Morgan fingerprint density at radius 3 is 1.11 bits per heavy atom. The lowest BCUT2D eigenvalue weighted by atomic mass is 9.61. The summed E-state index contributed by atoms with van der Waals surface area (Å²) >= 11 is 8.39. The fraction of sp³-hybridized carbons (Fsp3) is 0.592. The van der Waals surface area contributed by atoms with Gasteiger partial charge in [0.2, 0.25) is 0 Å². The molecule has 20 rings (SSSR count). The Balaban J connectivity index is 0.000000140. The third kappa shape index (κ3) is 17.5. The first kappa shape index (κ1) is 94.8. The molecule has 4 aromatic carbocycles. The number of thiocarbonyl (C=S) groups is 1. The lowest BCUT2D eigenvalue weighted by molar-refractivity contribution is -0.139. The van der Waals surface area contributed by atoms with Crippen LogP contribution in [-0.4, -0.2) is 183 Å². The van der Waals surface area contributed by atoms with Gasteiger partial charge in [0.25, 0.3) is 23.6 Å². The molecule has 4 heterocycles. The zero-order valence-electron chi connectivity index (χ0n) is 73.1. The first-order valence-electron chi connectivity index (χ1n) is 44.7. The van der Waals surface area contributed by atoms with E-state index < -0.39 is 59.7 Å². The van der Waals surface area contributed by atoms with Gasteiger partial charge >= 0.3 is 12.1 Å². The molecule has 0 radical (unpaired) electrons. The number of alkyl halides is 5. The van der Waals surface area contributed by atoms with Gasteiger partial charge in [-0.15, -0.1) is 0 Å². The molecule has 126 heavy (non-hydrogen) atoms. The van der Waals surface area contributed by atoms with E-state index >= 15 is 0 Å². The summed E-state index contributed by atoms with van der Waals surface area (Å²) < 4.78 is 72.5. The zero-order chi connectivity index (χ0) is 87.6. The van der Waals surface area contributed by atoms with Crippen LogP contribution in [0.4, 0.5) is 27.2 Å². The molecule has 12 N–H and O–H groups in total. The Labute approximate surface area is 751 Å². The predicted octanol–water partition coefficient (Wildman–Crippen LogP) is 13.0. The van der Waals surface area contributed by atoms with Crippen LogP contribution < -0.4 is 33.2 Å². The minimum atomic E-state index is -1.13. The van der Waals surface area contributed by atoms with Crippen molar-refractivity contribution in [3.05, 3.63) is 140 Å². The molecule has 3 saturated heterocycles. The number of aliphatic hydroxyl groups is 1. The molecule has 0 aromatic heterocycles. The van der Waals surface area contributed by atoms with E-state index in [2.05, 4.69) is 127 Å². The minimum Gasteiger partial charge on any atom is -0.412 e. The first-order valence-corrected chi connectivity index (χ1v) is 46.2. The van der Waals surface area contributed by atoms with Gasteiger partial charge < -0.3 is 57.4 Å². The molecule has 676 valence electrons.